The smallest absolute Gasteiger partial charge is 0.0345 e. The lowest BCUT2D eigenvalue weighted by Gasteiger charge is -2.39. The van der Waals surface area contributed by atoms with E-state index in [1.807, 2.05) is 0 Å². The van der Waals surface area contributed by atoms with E-state index in [0.717, 1.165) is 18.0 Å². The molecule has 1 aliphatic heterocycles. The van der Waals surface area contributed by atoms with Gasteiger partial charge in [-0.1, -0.05) is 13.8 Å². The first-order valence-corrected chi connectivity index (χ1v) is 5.54. The SMILES string of the molecule is CC(C)CCC(C)N(C)C1CNC1. The highest BCUT2D eigenvalue weighted by Crippen LogP contribution is 2.14. The zero-order valence-electron chi connectivity index (χ0n) is 9.51. The molecule has 1 unspecified atom stereocenters. The molecule has 0 bridgehead atoms. The molecular weight excluding hydrogens is 160 g/mol. The topological polar surface area (TPSA) is 15.3 Å². The summed E-state index contributed by atoms with van der Waals surface area (Å²) in [5.74, 6) is 0.843. The third kappa shape index (κ3) is 3.28. The van der Waals surface area contributed by atoms with Crippen molar-refractivity contribution < 1.29 is 0 Å². The number of nitrogens with zero attached hydrogens (tertiary/aromatic N) is 1. The standard InChI is InChI=1S/C11H24N2/c1-9(2)5-6-10(3)13(4)11-7-12-8-11/h9-12H,5-8H2,1-4H3. The lowest BCUT2D eigenvalue weighted by atomic mass is 10.0. The molecule has 1 aliphatic rings. The summed E-state index contributed by atoms with van der Waals surface area (Å²) in [5, 5.41) is 3.32. The molecule has 1 N–H and O–H groups in total. The summed E-state index contributed by atoms with van der Waals surface area (Å²) in [4.78, 5) is 2.53. The van der Waals surface area contributed by atoms with E-state index in [4.69, 9.17) is 0 Å². The van der Waals surface area contributed by atoms with Crippen LogP contribution in [0.25, 0.3) is 0 Å². The van der Waals surface area contributed by atoms with Gasteiger partial charge in [-0.15, -0.1) is 0 Å². The van der Waals surface area contributed by atoms with Crippen molar-refractivity contribution in [3.05, 3.63) is 0 Å². The van der Waals surface area contributed by atoms with Crippen molar-refractivity contribution in [3.63, 3.8) is 0 Å². The second-order valence-electron chi connectivity index (χ2n) is 4.80. The summed E-state index contributed by atoms with van der Waals surface area (Å²) in [6, 6.07) is 1.54. The zero-order chi connectivity index (χ0) is 9.84. The molecule has 1 rings (SSSR count). The Labute approximate surface area is 82.7 Å². The third-order valence-electron chi connectivity index (χ3n) is 3.19. The van der Waals surface area contributed by atoms with Crippen LogP contribution < -0.4 is 5.32 Å². The van der Waals surface area contributed by atoms with E-state index in [1.165, 1.54) is 25.9 Å². The van der Waals surface area contributed by atoms with Crippen LogP contribution in [0.3, 0.4) is 0 Å². The highest BCUT2D eigenvalue weighted by Gasteiger charge is 2.24. The number of hydrogen-bond donors (Lipinski definition) is 1. The molecule has 0 aromatic rings. The van der Waals surface area contributed by atoms with Crippen molar-refractivity contribution in [1.82, 2.24) is 10.2 Å². The van der Waals surface area contributed by atoms with Crippen LogP contribution in [0.15, 0.2) is 0 Å². The minimum atomic E-state index is 0.745. The summed E-state index contributed by atoms with van der Waals surface area (Å²) in [5.41, 5.74) is 0. The van der Waals surface area contributed by atoms with Gasteiger partial charge in [0, 0.05) is 25.2 Å². The fraction of sp³-hybridized carbons (Fsp3) is 1.00. The van der Waals surface area contributed by atoms with Crippen LogP contribution in [0.1, 0.15) is 33.6 Å². The van der Waals surface area contributed by atoms with Gasteiger partial charge in [0.25, 0.3) is 0 Å². The molecule has 0 amide bonds. The van der Waals surface area contributed by atoms with E-state index in [-0.39, 0.29) is 0 Å². The molecule has 0 aliphatic carbocycles. The largest absolute Gasteiger partial charge is 0.314 e. The summed E-state index contributed by atoms with van der Waals surface area (Å²) in [6.07, 6.45) is 2.69. The minimum absolute atomic E-state index is 0.745. The summed E-state index contributed by atoms with van der Waals surface area (Å²) >= 11 is 0. The molecule has 1 saturated heterocycles. The fourth-order valence-corrected chi connectivity index (χ4v) is 1.70. The monoisotopic (exact) mass is 184 g/mol. The van der Waals surface area contributed by atoms with Gasteiger partial charge in [-0.05, 0) is 32.7 Å². The number of rotatable bonds is 5. The molecule has 2 heteroatoms. The van der Waals surface area contributed by atoms with Crippen LogP contribution in [0.5, 0.6) is 0 Å². The zero-order valence-corrected chi connectivity index (χ0v) is 9.51. The predicted octanol–water partition coefficient (Wildman–Crippen LogP) is 1.71. The number of nitrogens with one attached hydrogen (secondary N) is 1. The van der Waals surface area contributed by atoms with E-state index < -0.39 is 0 Å². The van der Waals surface area contributed by atoms with Gasteiger partial charge in [0.15, 0.2) is 0 Å². The Balaban J connectivity index is 2.17. The molecule has 0 aromatic heterocycles. The second-order valence-corrected chi connectivity index (χ2v) is 4.80. The highest BCUT2D eigenvalue weighted by atomic mass is 15.2. The molecule has 78 valence electrons. The highest BCUT2D eigenvalue weighted by molar-refractivity contribution is 4.85. The molecule has 2 nitrogen and oxygen atoms in total. The molecule has 0 spiro atoms. The van der Waals surface area contributed by atoms with E-state index in [0.29, 0.717) is 0 Å². The average Bonchev–Trinajstić information content (AvgIpc) is 1.96. The van der Waals surface area contributed by atoms with E-state index >= 15 is 0 Å². The maximum Gasteiger partial charge on any atom is 0.0345 e. The van der Waals surface area contributed by atoms with Crippen LogP contribution in [-0.2, 0) is 0 Å². The molecule has 0 saturated carbocycles. The molecule has 1 heterocycles. The molecule has 1 atom stereocenters. The molecular formula is C11H24N2. The third-order valence-corrected chi connectivity index (χ3v) is 3.19. The van der Waals surface area contributed by atoms with Crippen LogP contribution in [-0.4, -0.2) is 37.1 Å². The Bertz CT molecular complexity index is 141. The normalized spacial score (nSPS) is 20.8. The van der Waals surface area contributed by atoms with E-state index in [9.17, 15) is 0 Å². The first-order chi connectivity index (χ1) is 6.11. The summed E-state index contributed by atoms with van der Waals surface area (Å²) < 4.78 is 0. The van der Waals surface area contributed by atoms with Gasteiger partial charge in [-0.2, -0.15) is 0 Å². The maximum atomic E-state index is 3.32. The lowest BCUT2D eigenvalue weighted by molar-refractivity contribution is 0.127. The molecule has 0 aromatic carbocycles. The lowest BCUT2D eigenvalue weighted by Crippen LogP contribution is -2.58. The van der Waals surface area contributed by atoms with Gasteiger partial charge in [0.05, 0.1) is 0 Å². The predicted molar refractivity (Wildman–Crippen MR) is 58.0 cm³/mol. The van der Waals surface area contributed by atoms with Gasteiger partial charge in [-0.25, -0.2) is 0 Å². The summed E-state index contributed by atoms with van der Waals surface area (Å²) in [7, 11) is 2.26. The van der Waals surface area contributed by atoms with Crippen molar-refractivity contribution in [3.8, 4) is 0 Å². The van der Waals surface area contributed by atoms with Crippen LogP contribution in [0.2, 0.25) is 0 Å². The van der Waals surface area contributed by atoms with Crippen LogP contribution in [0.4, 0.5) is 0 Å². The fourth-order valence-electron chi connectivity index (χ4n) is 1.70. The second kappa shape index (κ2) is 4.97. The number of likely N-dealkylation sites (N-methyl/N-ethyl adjacent to an activating group) is 1. The van der Waals surface area contributed by atoms with Gasteiger partial charge in [0.1, 0.15) is 0 Å². The Hall–Kier alpha value is -0.0800. The Morgan fingerprint density at radius 1 is 1.23 bits per heavy atom. The quantitative estimate of drug-likeness (QED) is 0.700. The maximum absolute atomic E-state index is 3.32. The van der Waals surface area contributed by atoms with Crippen molar-refractivity contribution in [2.45, 2.75) is 45.7 Å². The molecule has 13 heavy (non-hydrogen) atoms. The van der Waals surface area contributed by atoms with Gasteiger partial charge < -0.3 is 5.32 Å². The van der Waals surface area contributed by atoms with E-state index in [2.05, 4.69) is 38.0 Å². The molecule has 1 fully saturated rings. The van der Waals surface area contributed by atoms with Gasteiger partial charge in [-0.3, -0.25) is 4.90 Å². The first-order valence-electron chi connectivity index (χ1n) is 5.54. The average molecular weight is 184 g/mol. The van der Waals surface area contributed by atoms with Gasteiger partial charge >= 0.3 is 0 Å². The Morgan fingerprint density at radius 2 is 1.85 bits per heavy atom. The van der Waals surface area contributed by atoms with Crippen LogP contribution >= 0.6 is 0 Å². The van der Waals surface area contributed by atoms with Crippen molar-refractivity contribution in [2.24, 2.45) is 5.92 Å². The van der Waals surface area contributed by atoms with Gasteiger partial charge in [0.2, 0.25) is 0 Å². The molecule has 0 radical (unpaired) electrons. The van der Waals surface area contributed by atoms with Crippen molar-refractivity contribution in [2.75, 3.05) is 20.1 Å². The first kappa shape index (κ1) is 11.0. The Morgan fingerprint density at radius 3 is 2.23 bits per heavy atom. The van der Waals surface area contributed by atoms with E-state index in [1.54, 1.807) is 0 Å². The Kier molecular flexibility index (Phi) is 4.20. The summed E-state index contributed by atoms with van der Waals surface area (Å²) in [6.45, 7) is 9.32. The van der Waals surface area contributed by atoms with Crippen molar-refractivity contribution >= 4 is 0 Å². The minimum Gasteiger partial charge on any atom is -0.314 e. The number of hydrogen-bond acceptors (Lipinski definition) is 2. The van der Waals surface area contributed by atoms with Crippen molar-refractivity contribution in [1.29, 1.82) is 0 Å². The van der Waals surface area contributed by atoms with Crippen LogP contribution in [0, 0.1) is 5.92 Å².